The van der Waals surface area contributed by atoms with E-state index in [1.807, 2.05) is 13.8 Å². The fourth-order valence-corrected chi connectivity index (χ4v) is 1.42. The molecule has 0 saturated heterocycles. The molecule has 0 spiro atoms. The summed E-state index contributed by atoms with van der Waals surface area (Å²) in [6, 6.07) is 0.185. The standard InChI is InChI=1S/C8H11ClN2O/c1-5(2)11-8(9)7(4-12)6(3)10-11/h4-5H,1-3H3. The van der Waals surface area contributed by atoms with E-state index in [0.29, 0.717) is 16.4 Å². The molecule has 1 aromatic rings. The number of aromatic nitrogens is 2. The zero-order valence-corrected chi connectivity index (χ0v) is 8.09. The molecule has 66 valence electrons. The number of aryl methyl sites for hydroxylation is 1. The monoisotopic (exact) mass is 186 g/mol. The minimum atomic E-state index is 0.185. The van der Waals surface area contributed by atoms with Gasteiger partial charge in [-0.1, -0.05) is 11.6 Å². The lowest BCUT2D eigenvalue weighted by molar-refractivity contribution is 0.112. The Morgan fingerprint density at radius 3 is 2.42 bits per heavy atom. The Morgan fingerprint density at radius 1 is 1.58 bits per heavy atom. The molecular formula is C8H11ClN2O. The summed E-state index contributed by atoms with van der Waals surface area (Å²) in [6.07, 6.45) is 0.740. The van der Waals surface area contributed by atoms with E-state index in [1.165, 1.54) is 0 Å². The van der Waals surface area contributed by atoms with Crippen molar-refractivity contribution in [2.24, 2.45) is 0 Å². The van der Waals surface area contributed by atoms with Crippen molar-refractivity contribution in [3.05, 3.63) is 16.4 Å². The first kappa shape index (κ1) is 9.26. The molecule has 12 heavy (non-hydrogen) atoms. The van der Waals surface area contributed by atoms with Crippen molar-refractivity contribution in [2.75, 3.05) is 0 Å². The van der Waals surface area contributed by atoms with E-state index in [-0.39, 0.29) is 6.04 Å². The summed E-state index contributed by atoms with van der Waals surface area (Å²) in [5, 5.41) is 4.56. The van der Waals surface area contributed by atoms with Gasteiger partial charge >= 0.3 is 0 Å². The van der Waals surface area contributed by atoms with Crippen molar-refractivity contribution in [3.63, 3.8) is 0 Å². The number of hydrogen-bond acceptors (Lipinski definition) is 2. The second kappa shape index (κ2) is 3.27. The van der Waals surface area contributed by atoms with Crippen LogP contribution in [-0.4, -0.2) is 16.1 Å². The van der Waals surface area contributed by atoms with Gasteiger partial charge in [-0.25, -0.2) is 0 Å². The van der Waals surface area contributed by atoms with E-state index >= 15 is 0 Å². The zero-order valence-electron chi connectivity index (χ0n) is 7.34. The van der Waals surface area contributed by atoms with Gasteiger partial charge in [0.05, 0.1) is 11.3 Å². The average molecular weight is 187 g/mol. The molecule has 0 aliphatic heterocycles. The van der Waals surface area contributed by atoms with Crippen molar-refractivity contribution >= 4 is 17.9 Å². The van der Waals surface area contributed by atoms with Crippen LogP contribution in [0.4, 0.5) is 0 Å². The Hall–Kier alpha value is -0.830. The third kappa shape index (κ3) is 1.37. The molecule has 0 aromatic carbocycles. The van der Waals surface area contributed by atoms with Gasteiger partial charge in [0.15, 0.2) is 6.29 Å². The van der Waals surface area contributed by atoms with Crippen molar-refractivity contribution < 1.29 is 4.79 Å². The molecule has 1 rings (SSSR count). The fraction of sp³-hybridized carbons (Fsp3) is 0.500. The van der Waals surface area contributed by atoms with Crippen LogP contribution in [0.2, 0.25) is 5.15 Å². The Balaban J connectivity index is 3.26. The van der Waals surface area contributed by atoms with Gasteiger partial charge in [-0.15, -0.1) is 0 Å². The van der Waals surface area contributed by atoms with Crippen molar-refractivity contribution in [1.29, 1.82) is 0 Å². The summed E-state index contributed by atoms with van der Waals surface area (Å²) in [5.41, 5.74) is 1.18. The van der Waals surface area contributed by atoms with Crippen LogP contribution in [0, 0.1) is 6.92 Å². The predicted molar refractivity (Wildman–Crippen MR) is 47.7 cm³/mol. The molecule has 3 nitrogen and oxygen atoms in total. The van der Waals surface area contributed by atoms with Gasteiger partial charge in [0.25, 0.3) is 0 Å². The van der Waals surface area contributed by atoms with Crippen molar-refractivity contribution in [1.82, 2.24) is 9.78 Å². The molecule has 4 heteroatoms. The predicted octanol–water partition coefficient (Wildman–Crippen LogP) is 2.24. The SMILES string of the molecule is Cc1nn(C(C)C)c(Cl)c1C=O. The molecule has 1 aromatic heterocycles. The van der Waals surface area contributed by atoms with Crippen LogP contribution in [0.5, 0.6) is 0 Å². The average Bonchev–Trinajstić information content (AvgIpc) is 2.27. The third-order valence-corrected chi connectivity index (χ3v) is 2.05. The van der Waals surface area contributed by atoms with Gasteiger partial charge in [-0.05, 0) is 20.8 Å². The van der Waals surface area contributed by atoms with Crippen molar-refractivity contribution in [2.45, 2.75) is 26.8 Å². The first-order valence-corrected chi connectivity index (χ1v) is 4.15. The number of aldehydes is 1. The van der Waals surface area contributed by atoms with Crippen LogP contribution in [0.15, 0.2) is 0 Å². The number of carbonyl (C=O) groups excluding carboxylic acids is 1. The maximum absolute atomic E-state index is 10.5. The van der Waals surface area contributed by atoms with Gasteiger partial charge in [-0.3, -0.25) is 9.48 Å². The zero-order chi connectivity index (χ0) is 9.30. The lowest BCUT2D eigenvalue weighted by atomic mass is 10.3. The molecule has 0 saturated carbocycles. The van der Waals surface area contributed by atoms with Gasteiger partial charge < -0.3 is 0 Å². The Morgan fingerprint density at radius 2 is 2.17 bits per heavy atom. The molecule has 0 radical (unpaired) electrons. The second-order valence-corrected chi connectivity index (χ2v) is 3.30. The van der Waals surface area contributed by atoms with E-state index in [1.54, 1.807) is 11.6 Å². The van der Waals surface area contributed by atoms with E-state index in [2.05, 4.69) is 5.10 Å². The summed E-state index contributed by atoms with van der Waals surface area (Å²) >= 11 is 5.89. The summed E-state index contributed by atoms with van der Waals surface area (Å²) in [7, 11) is 0. The molecule has 0 fully saturated rings. The Kier molecular flexibility index (Phi) is 2.52. The smallest absolute Gasteiger partial charge is 0.155 e. The third-order valence-electron chi connectivity index (χ3n) is 1.68. The Labute approximate surface area is 76.3 Å². The maximum Gasteiger partial charge on any atom is 0.155 e. The van der Waals surface area contributed by atoms with Crippen LogP contribution in [-0.2, 0) is 0 Å². The lowest BCUT2D eigenvalue weighted by Gasteiger charge is -2.05. The highest BCUT2D eigenvalue weighted by atomic mass is 35.5. The summed E-state index contributed by atoms with van der Waals surface area (Å²) in [4.78, 5) is 10.5. The first-order chi connectivity index (χ1) is 5.57. The van der Waals surface area contributed by atoms with E-state index in [4.69, 9.17) is 11.6 Å². The molecular weight excluding hydrogens is 176 g/mol. The maximum atomic E-state index is 10.5. The molecule has 0 bridgehead atoms. The van der Waals surface area contributed by atoms with Crippen molar-refractivity contribution in [3.8, 4) is 0 Å². The van der Waals surface area contributed by atoms with Crippen LogP contribution >= 0.6 is 11.6 Å². The van der Waals surface area contributed by atoms with Gasteiger partial charge in [0.2, 0.25) is 0 Å². The molecule has 0 amide bonds. The Bertz CT molecular complexity index is 304. The van der Waals surface area contributed by atoms with Crippen LogP contribution < -0.4 is 0 Å². The molecule has 0 aliphatic carbocycles. The number of nitrogens with zero attached hydrogens (tertiary/aromatic N) is 2. The highest BCUT2D eigenvalue weighted by Crippen LogP contribution is 2.20. The number of rotatable bonds is 2. The highest BCUT2D eigenvalue weighted by molar-refractivity contribution is 6.32. The normalized spacial score (nSPS) is 10.8. The quantitative estimate of drug-likeness (QED) is 0.664. The second-order valence-electron chi connectivity index (χ2n) is 2.95. The molecule has 1 heterocycles. The fourth-order valence-electron chi connectivity index (χ4n) is 1.01. The van der Waals surface area contributed by atoms with Gasteiger partial charge in [0.1, 0.15) is 5.15 Å². The minimum Gasteiger partial charge on any atom is -0.298 e. The largest absolute Gasteiger partial charge is 0.298 e. The van der Waals surface area contributed by atoms with E-state index in [0.717, 1.165) is 6.29 Å². The summed E-state index contributed by atoms with van der Waals surface area (Å²) in [5.74, 6) is 0. The highest BCUT2D eigenvalue weighted by Gasteiger charge is 2.13. The van der Waals surface area contributed by atoms with Crippen LogP contribution in [0.25, 0.3) is 0 Å². The van der Waals surface area contributed by atoms with E-state index in [9.17, 15) is 4.79 Å². The molecule has 0 unspecified atom stereocenters. The molecule has 0 atom stereocenters. The molecule has 0 N–H and O–H groups in total. The summed E-state index contributed by atoms with van der Waals surface area (Å²) < 4.78 is 1.64. The molecule has 0 aliphatic rings. The van der Waals surface area contributed by atoms with Gasteiger partial charge in [0, 0.05) is 6.04 Å². The number of carbonyl (C=O) groups is 1. The first-order valence-electron chi connectivity index (χ1n) is 3.77. The summed E-state index contributed by atoms with van der Waals surface area (Å²) in [6.45, 7) is 5.70. The van der Waals surface area contributed by atoms with Crippen LogP contribution in [0.1, 0.15) is 35.9 Å². The minimum absolute atomic E-state index is 0.185. The van der Waals surface area contributed by atoms with Gasteiger partial charge in [-0.2, -0.15) is 5.10 Å². The number of hydrogen-bond donors (Lipinski definition) is 0. The van der Waals surface area contributed by atoms with Crippen LogP contribution in [0.3, 0.4) is 0 Å². The van der Waals surface area contributed by atoms with E-state index < -0.39 is 0 Å². The number of halogens is 1. The lowest BCUT2D eigenvalue weighted by Crippen LogP contribution is -2.02. The topological polar surface area (TPSA) is 34.9 Å².